The van der Waals surface area contributed by atoms with Gasteiger partial charge in [0.1, 0.15) is 5.75 Å². The van der Waals surface area contributed by atoms with Gasteiger partial charge in [-0.15, -0.1) is 13.2 Å². The maximum Gasteiger partial charge on any atom is 0.573 e. The minimum atomic E-state index is -4.67. The Morgan fingerprint density at radius 3 is 2.68 bits per heavy atom. The molecule has 0 unspecified atom stereocenters. The Morgan fingerprint density at radius 2 is 1.92 bits per heavy atom. The van der Waals surface area contributed by atoms with Gasteiger partial charge in [0.25, 0.3) is 0 Å². The van der Waals surface area contributed by atoms with Gasteiger partial charge in [-0.1, -0.05) is 18.2 Å². The fourth-order valence-electron chi connectivity index (χ4n) is 3.64. The highest BCUT2D eigenvalue weighted by atomic mass is 19.4. The van der Waals surface area contributed by atoms with Crippen molar-refractivity contribution in [3.63, 3.8) is 0 Å². The first-order valence-electron chi connectivity index (χ1n) is 8.75. The van der Waals surface area contributed by atoms with E-state index >= 15 is 0 Å². The molecule has 1 N–H and O–H groups in total. The third-order valence-electron chi connectivity index (χ3n) is 4.92. The summed E-state index contributed by atoms with van der Waals surface area (Å²) in [6.45, 7) is 2.78. The van der Waals surface area contributed by atoms with Crippen molar-refractivity contribution in [1.82, 2.24) is 5.32 Å². The van der Waals surface area contributed by atoms with Crippen molar-refractivity contribution in [2.24, 2.45) is 0 Å². The largest absolute Gasteiger partial charge is 0.573 e. The van der Waals surface area contributed by atoms with Crippen LogP contribution in [0.25, 0.3) is 0 Å². The number of rotatable bonds is 5. The molecule has 2 heterocycles. The molecule has 0 radical (unpaired) electrons. The van der Waals surface area contributed by atoms with Crippen LogP contribution in [0, 0.1) is 0 Å². The van der Waals surface area contributed by atoms with E-state index in [1.165, 1.54) is 6.07 Å². The van der Waals surface area contributed by atoms with Gasteiger partial charge in [-0.3, -0.25) is 0 Å². The fraction of sp³-hybridized carbons (Fsp3) is 0.667. The molecule has 1 atom stereocenters. The van der Waals surface area contributed by atoms with E-state index in [2.05, 4.69) is 10.1 Å². The van der Waals surface area contributed by atoms with Gasteiger partial charge in [0.15, 0.2) is 0 Å². The summed E-state index contributed by atoms with van der Waals surface area (Å²) < 4.78 is 53.0. The van der Waals surface area contributed by atoms with Crippen LogP contribution < -0.4 is 10.1 Å². The summed E-state index contributed by atoms with van der Waals surface area (Å²) in [6, 6.07) is 6.62. The van der Waals surface area contributed by atoms with Gasteiger partial charge in [-0.25, -0.2) is 0 Å². The number of hydrogen-bond donors (Lipinski definition) is 1. The van der Waals surface area contributed by atoms with Crippen LogP contribution in [0.15, 0.2) is 24.3 Å². The van der Waals surface area contributed by atoms with Gasteiger partial charge >= 0.3 is 6.36 Å². The lowest BCUT2D eigenvalue weighted by molar-refractivity contribution is -0.274. The van der Waals surface area contributed by atoms with Crippen molar-refractivity contribution in [2.45, 2.75) is 50.1 Å². The minimum Gasteiger partial charge on any atom is -0.406 e. The smallest absolute Gasteiger partial charge is 0.406 e. The van der Waals surface area contributed by atoms with Crippen LogP contribution in [0.4, 0.5) is 13.2 Å². The van der Waals surface area contributed by atoms with E-state index in [1.54, 1.807) is 18.2 Å². The van der Waals surface area contributed by atoms with Crippen LogP contribution in [0.1, 0.15) is 31.2 Å². The number of nitrogens with one attached hydrogen (secondary N) is 1. The summed E-state index contributed by atoms with van der Waals surface area (Å²) in [4.78, 5) is 0. The minimum absolute atomic E-state index is 0.0918. The summed E-state index contributed by atoms with van der Waals surface area (Å²) >= 11 is 0. The SMILES string of the molecule is FC(F)(F)Oc1ccccc1CCN[C@H]1CCOC2(CCOCC2)C1. The molecule has 0 amide bonds. The summed E-state index contributed by atoms with van der Waals surface area (Å²) in [5.41, 5.74) is 0.464. The standard InChI is InChI=1S/C18H24F3NO3/c19-18(20,21)25-16-4-2-1-3-14(16)5-9-22-15-6-10-24-17(13-15)7-11-23-12-8-17/h1-4,15,22H,5-13H2/t15-/m0/s1. The molecule has 7 heteroatoms. The lowest BCUT2D eigenvalue weighted by atomic mass is 9.84. The molecule has 1 aromatic rings. The van der Waals surface area contributed by atoms with Crippen LogP contribution in [0.2, 0.25) is 0 Å². The molecule has 0 bridgehead atoms. The van der Waals surface area contributed by atoms with Gasteiger partial charge in [-0.2, -0.15) is 0 Å². The van der Waals surface area contributed by atoms with E-state index in [1.807, 2.05) is 0 Å². The molecule has 0 aromatic heterocycles. The normalized spacial score (nSPS) is 23.6. The fourth-order valence-corrected chi connectivity index (χ4v) is 3.64. The molecule has 1 spiro atoms. The highest BCUT2D eigenvalue weighted by Gasteiger charge is 2.38. The molecule has 25 heavy (non-hydrogen) atoms. The maximum absolute atomic E-state index is 12.5. The molecule has 4 nitrogen and oxygen atoms in total. The van der Waals surface area contributed by atoms with Crippen LogP contribution in [0.5, 0.6) is 5.75 Å². The molecule has 2 saturated heterocycles. The van der Waals surface area contributed by atoms with E-state index in [9.17, 15) is 13.2 Å². The highest BCUT2D eigenvalue weighted by Crippen LogP contribution is 2.34. The summed E-state index contributed by atoms with van der Waals surface area (Å²) in [5, 5.41) is 3.47. The molecule has 2 aliphatic rings. The van der Waals surface area contributed by atoms with E-state index in [0.29, 0.717) is 31.2 Å². The molecule has 140 valence electrons. The Kier molecular flexibility index (Phi) is 5.86. The Bertz CT molecular complexity index is 553. The summed E-state index contributed by atoms with van der Waals surface area (Å²) in [7, 11) is 0. The van der Waals surface area contributed by atoms with Gasteiger partial charge in [0, 0.05) is 25.9 Å². The van der Waals surface area contributed by atoms with Crippen molar-refractivity contribution in [2.75, 3.05) is 26.4 Å². The molecule has 0 aliphatic carbocycles. The molecular formula is C18H24F3NO3. The first kappa shape index (κ1) is 18.5. The Balaban J connectivity index is 1.51. The van der Waals surface area contributed by atoms with Crippen molar-refractivity contribution < 1.29 is 27.4 Å². The van der Waals surface area contributed by atoms with Crippen molar-refractivity contribution in [3.05, 3.63) is 29.8 Å². The second-order valence-corrected chi connectivity index (χ2v) is 6.69. The molecular weight excluding hydrogens is 335 g/mol. The summed E-state index contributed by atoms with van der Waals surface area (Å²) in [5.74, 6) is -0.121. The summed E-state index contributed by atoms with van der Waals surface area (Å²) in [6.07, 6.45) is -0.513. The Labute approximate surface area is 145 Å². The highest BCUT2D eigenvalue weighted by molar-refractivity contribution is 5.33. The molecule has 3 rings (SSSR count). The topological polar surface area (TPSA) is 39.7 Å². The van der Waals surface area contributed by atoms with E-state index < -0.39 is 6.36 Å². The van der Waals surface area contributed by atoms with Gasteiger partial charge in [0.2, 0.25) is 0 Å². The third-order valence-corrected chi connectivity index (χ3v) is 4.92. The zero-order chi connectivity index (χ0) is 17.8. The second-order valence-electron chi connectivity index (χ2n) is 6.69. The number of para-hydroxylation sites is 1. The van der Waals surface area contributed by atoms with E-state index in [0.717, 1.165) is 38.9 Å². The number of ether oxygens (including phenoxy) is 3. The number of halogens is 3. The zero-order valence-electron chi connectivity index (χ0n) is 14.1. The molecule has 2 aliphatic heterocycles. The van der Waals surface area contributed by atoms with Crippen LogP contribution in [-0.2, 0) is 15.9 Å². The average Bonchev–Trinajstić information content (AvgIpc) is 2.56. The number of hydrogen-bond acceptors (Lipinski definition) is 4. The molecule has 1 aromatic carbocycles. The first-order chi connectivity index (χ1) is 12.0. The van der Waals surface area contributed by atoms with Crippen LogP contribution in [-0.4, -0.2) is 44.4 Å². The zero-order valence-corrected chi connectivity index (χ0v) is 14.1. The lowest BCUT2D eigenvalue weighted by Crippen LogP contribution is -2.50. The quantitative estimate of drug-likeness (QED) is 0.874. The van der Waals surface area contributed by atoms with Gasteiger partial charge < -0.3 is 19.5 Å². The first-order valence-corrected chi connectivity index (χ1v) is 8.75. The van der Waals surface area contributed by atoms with Crippen molar-refractivity contribution in [1.29, 1.82) is 0 Å². The van der Waals surface area contributed by atoms with Crippen LogP contribution in [0.3, 0.4) is 0 Å². The van der Waals surface area contributed by atoms with Gasteiger partial charge in [0.05, 0.1) is 5.60 Å². The number of alkyl halides is 3. The molecule has 0 saturated carbocycles. The predicted octanol–water partition coefficient (Wildman–Crippen LogP) is 3.45. The predicted molar refractivity (Wildman–Crippen MR) is 86.6 cm³/mol. The monoisotopic (exact) mass is 359 g/mol. The number of benzene rings is 1. The lowest BCUT2D eigenvalue weighted by Gasteiger charge is -2.43. The van der Waals surface area contributed by atoms with Gasteiger partial charge in [-0.05, 0) is 50.3 Å². The molecule has 2 fully saturated rings. The van der Waals surface area contributed by atoms with Crippen LogP contribution >= 0.6 is 0 Å². The Hall–Kier alpha value is -1.31. The second kappa shape index (κ2) is 7.93. The Morgan fingerprint density at radius 1 is 1.16 bits per heavy atom. The average molecular weight is 359 g/mol. The van der Waals surface area contributed by atoms with Crippen molar-refractivity contribution in [3.8, 4) is 5.75 Å². The maximum atomic E-state index is 12.5. The van der Waals surface area contributed by atoms with E-state index in [4.69, 9.17) is 9.47 Å². The van der Waals surface area contributed by atoms with Crippen molar-refractivity contribution >= 4 is 0 Å². The van der Waals surface area contributed by atoms with E-state index in [-0.39, 0.29) is 11.4 Å². The third kappa shape index (κ3) is 5.33.